The van der Waals surface area contributed by atoms with E-state index in [4.69, 9.17) is 9.84 Å². The van der Waals surface area contributed by atoms with Gasteiger partial charge in [-0.3, -0.25) is 0 Å². The summed E-state index contributed by atoms with van der Waals surface area (Å²) in [6.07, 6.45) is 7.95. The summed E-state index contributed by atoms with van der Waals surface area (Å²) < 4.78 is 5.56. The van der Waals surface area contributed by atoms with Gasteiger partial charge in [0.2, 0.25) is 0 Å². The van der Waals surface area contributed by atoms with Gasteiger partial charge in [0.15, 0.2) is 0 Å². The van der Waals surface area contributed by atoms with E-state index in [1.54, 1.807) is 24.3 Å². The molecule has 1 N–H and O–H groups in total. The minimum atomic E-state index is -0.994. The van der Waals surface area contributed by atoms with Crippen molar-refractivity contribution in [2.24, 2.45) is 5.92 Å². The summed E-state index contributed by atoms with van der Waals surface area (Å²) in [4.78, 5) is 22.6. The fraction of sp³-hybridized carbons (Fsp3) is 0.444. The molecule has 0 unspecified atom stereocenters. The number of carboxylic acid groups (broad SMARTS) is 1. The average Bonchev–Trinajstić information content (AvgIpc) is 2.54. The second kappa shape index (κ2) is 7.78. The van der Waals surface area contributed by atoms with Crippen molar-refractivity contribution in [2.45, 2.75) is 45.1 Å². The molecule has 0 atom stereocenters. The number of hydrogen-bond donors (Lipinski definition) is 1. The van der Waals surface area contributed by atoms with Gasteiger partial charge in [-0.05, 0) is 55.4 Å². The topological polar surface area (TPSA) is 63.6 Å². The summed E-state index contributed by atoms with van der Waals surface area (Å²) in [5.41, 5.74) is 1.24. The molecule has 4 nitrogen and oxygen atoms in total. The predicted molar refractivity (Wildman–Crippen MR) is 84.6 cm³/mol. The molecule has 2 rings (SSSR count). The van der Waals surface area contributed by atoms with Crippen molar-refractivity contribution < 1.29 is 19.4 Å². The number of esters is 1. The predicted octanol–water partition coefficient (Wildman–Crippen LogP) is 3.91. The number of aliphatic carboxylic acids is 1. The van der Waals surface area contributed by atoms with Gasteiger partial charge in [0.1, 0.15) is 6.10 Å². The van der Waals surface area contributed by atoms with Gasteiger partial charge in [0.25, 0.3) is 0 Å². The smallest absolute Gasteiger partial charge is 0.338 e. The van der Waals surface area contributed by atoms with Crippen LogP contribution in [0.5, 0.6) is 0 Å². The van der Waals surface area contributed by atoms with Crippen LogP contribution in [-0.2, 0) is 9.53 Å². The maximum absolute atomic E-state index is 12.1. The van der Waals surface area contributed by atoms with Crippen molar-refractivity contribution in [3.05, 3.63) is 41.5 Å². The Bertz CT molecular complexity index is 537. The molecule has 1 fully saturated rings. The maximum Gasteiger partial charge on any atom is 0.338 e. The van der Waals surface area contributed by atoms with Crippen molar-refractivity contribution in [1.82, 2.24) is 0 Å². The SMILES string of the molecule is CCC1CCC(OC(=O)c2ccc(C=CC(=O)O)cc2)CC1. The van der Waals surface area contributed by atoms with E-state index in [2.05, 4.69) is 6.92 Å². The molecule has 1 aromatic carbocycles. The normalized spacial score (nSPS) is 21.7. The van der Waals surface area contributed by atoms with Crippen molar-refractivity contribution in [1.29, 1.82) is 0 Å². The molecule has 1 aliphatic rings. The minimum Gasteiger partial charge on any atom is -0.478 e. The van der Waals surface area contributed by atoms with E-state index in [9.17, 15) is 9.59 Å². The third kappa shape index (κ3) is 4.72. The Hall–Kier alpha value is -2.10. The number of benzene rings is 1. The first-order valence-corrected chi connectivity index (χ1v) is 7.80. The largest absolute Gasteiger partial charge is 0.478 e. The molecule has 0 radical (unpaired) electrons. The number of carbonyl (C=O) groups is 2. The van der Waals surface area contributed by atoms with Gasteiger partial charge < -0.3 is 9.84 Å². The van der Waals surface area contributed by atoms with Crippen LogP contribution < -0.4 is 0 Å². The standard InChI is InChI=1S/C18H22O4/c1-2-13-5-10-16(11-6-13)22-18(21)15-8-3-14(4-9-15)7-12-17(19)20/h3-4,7-9,12-13,16H,2,5-6,10-11H2,1H3,(H,19,20). The Kier molecular flexibility index (Phi) is 5.75. The molecule has 0 spiro atoms. The van der Waals surface area contributed by atoms with Crippen LogP contribution in [-0.4, -0.2) is 23.1 Å². The van der Waals surface area contributed by atoms with Crippen LogP contribution in [0.25, 0.3) is 6.08 Å². The lowest BCUT2D eigenvalue weighted by Crippen LogP contribution is -2.24. The molecule has 0 saturated heterocycles. The monoisotopic (exact) mass is 302 g/mol. The average molecular weight is 302 g/mol. The molecular weight excluding hydrogens is 280 g/mol. The third-order valence-corrected chi connectivity index (χ3v) is 4.21. The molecule has 4 heteroatoms. The Morgan fingerprint density at radius 2 is 1.82 bits per heavy atom. The first kappa shape index (κ1) is 16.3. The molecule has 0 aliphatic heterocycles. The lowest BCUT2D eigenvalue weighted by Gasteiger charge is -2.27. The number of ether oxygens (including phenoxy) is 1. The molecule has 118 valence electrons. The van der Waals surface area contributed by atoms with E-state index in [0.29, 0.717) is 5.56 Å². The summed E-state index contributed by atoms with van der Waals surface area (Å²) in [7, 11) is 0. The van der Waals surface area contributed by atoms with Crippen LogP contribution >= 0.6 is 0 Å². The zero-order chi connectivity index (χ0) is 15.9. The summed E-state index contributed by atoms with van der Waals surface area (Å²) in [6, 6.07) is 6.76. The lowest BCUT2D eigenvalue weighted by atomic mass is 9.86. The summed E-state index contributed by atoms with van der Waals surface area (Å²) >= 11 is 0. The van der Waals surface area contributed by atoms with Crippen LogP contribution in [0.1, 0.15) is 54.9 Å². The molecule has 1 aromatic rings. The van der Waals surface area contributed by atoms with Gasteiger partial charge in [-0.25, -0.2) is 9.59 Å². The first-order chi connectivity index (χ1) is 10.6. The summed E-state index contributed by atoms with van der Waals surface area (Å²) in [5.74, 6) is -0.518. The Morgan fingerprint density at radius 1 is 1.18 bits per heavy atom. The van der Waals surface area contributed by atoms with Crippen LogP contribution in [0.15, 0.2) is 30.3 Å². The zero-order valence-electron chi connectivity index (χ0n) is 12.8. The van der Waals surface area contributed by atoms with E-state index in [0.717, 1.165) is 43.2 Å². The van der Waals surface area contributed by atoms with Crippen molar-refractivity contribution in [3.63, 3.8) is 0 Å². The molecule has 0 heterocycles. The van der Waals surface area contributed by atoms with Crippen molar-refractivity contribution in [2.75, 3.05) is 0 Å². The Morgan fingerprint density at radius 3 is 2.36 bits per heavy atom. The second-order valence-corrected chi connectivity index (χ2v) is 5.75. The van der Waals surface area contributed by atoms with Crippen LogP contribution in [0.3, 0.4) is 0 Å². The number of hydrogen-bond acceptors (Lipinski definition) is 3. The number of rotatable bonds is 5. The van der Waals surface area contributed by atoms with Crippen LogP contribution in [0.2, 0.25) is 0 Å². The van der Waals surface area contributed by atoms with E-state index in [1.165, 1.54) is 12.5 Å². The lowest BCUT2D eigenvalue weighted by molar-refractivity contribution is -0.131. The van der Waals surface area contributed by atoms with Crippen LogP contribution in [0.4, 0.5) is 0 Å². The van der Waals surface area contributed by atoms with E-state index < -0.39 is 5.97 Å². The molecule has 22 heavy (non-hydrogen) atoms. The maximum atomic E-state index is 12.1. The molecule has 1 saturated carbocycles. The van der Waals surface area contributed by atoms with Crippen LogP contribution in [0, 0.1) is 5.92 Å². The molecule has 0 amide bonds. The van der Waals surface area contributed by atoms with E-state index >= 15 is 0 Å². The summed E-state index contributed by atoms with van der Waals surface area (Å²) in [5, 5.41) is 8.58. The fourth-order valence-electron chi connectivity index (χ4n) is 2.78. The number of carbonyl (C=O) groups excluding carboxylic acids is 1. The van der Waals surface area contributed by atoms with Gasteiger partial charge in [0.05, 0.1) is 5.56 Å². The van der Waals surface area contributed by atoms with E-state index in [1.807, 2.05) is 0 Å². The third-order valence-electron chi connectivity index (χ3n) is 4.21. The second-order valence-electron chi connectivity index (χ2n) is 5.75. The summed E-state index contributed by atoms with van der Waals surface area (Å²) in [6.45, 7) is 2.21. The fourth-order valence-corrected chi connectivity index (χ4v) is 2.78. The van der Waals surface area contributed by atoms with Gasteiger partial charge in [-0.2, -0.15) is 0 Å². The quantitative estimate of drug-likeness (QED) is 0.661. The number of carboxylic acids is 1. The molecule has 1 aliphatic carbocycles. The van der Waals surface area contributed by atoms with E-state index in [-0.39, 0.29) is 12.1 Å². The molecule has 0 bridgehead atoms. The van der Waals surface area contributed by atoms with Crippen molar-refractivity contribution >= 4 is 18.0 Å². The molecule has 0 aromatic heterocycles. The van der Waals surface area contributed by atoms with Gasteiger partial charge in [-0.15, -0.1) is 0 Å². The minimum absolute atomic E-state index is 0.0295. The highest BCUT2D eigenvalue weighted by Crippen LogP contribution is 2.28. The highest BCUT2D eigenvalue weighted by atomic mass is 16.5. The first-order valence-electron chi connectivity index (χ1n) is 7.80. The van der Waals surface area contributed by atoms with Crippen molar-refractivity contribution in [3.8, 4) is 0 Å². The highest BCUT2D eigenvalue weighted by Gasteiger charge is 2.23. The molecular formula is C18H22O4. The van der Waals surface area contributed by atoms with Gasteiger partial charge in [0, 0.05) is 6.08 Å². The Labute approximate surface area is 130 Å². The Balaban J connectivity index is 1.89. The van der Waals surface area contributed by atoms with Gasteiger partial charge >= 0.3 is 11.9 Å². The van der Waals surface area contributed by atoms with Gasteiger partial charge in [-0.1, -0.05) is 25.5 Å². The highest BCUT2D eigenvalue weighted by molar-refractivity contribution is 5.90. The zero-order valence-corrected chi connectivity index (χ0v) is 12.8.